The van der Waals surface area contributed by atoms with Gasteiger partial charge in [-0.3, -0.25) is 0 Å². The van der Waals surface area contributed by atoms with E-state index in [4.69, 9.17) is 21.1 Å². The molecule has 0 radical (unpaired) electrons. The molecular formula is C24H19ClFNO2. The fourth-order valence-electron chi connectivity index (χ4n) is 4.03. The van der Waals surface area contributed by atoms with Gasteiger partial charge >= 0.3 is 0 Å². The van der Waals surface area contributed by atoms with Gasteiger partial charge in [-0.1, -0.05) is 48.9 Å². The summed E-state index contributed by atoms with van der Waals surface area (Å²) < 4.78 is 26.8. The highest BCUT2D eigenvalue weighted by Gasteiger charge is 2.41. The van der Waals surface area contributed by atoms with Gasteiger partial charge in [-0.25, -0.2) is 4.39 Å². The molecule has 3 aromatic carbocycles. The van der Waals surface area contributed by atoms with E-state index in [1.807, 2.05) is 36.4 Å². The highest BCUT2D eigenvalue weighted by Crippen LogP contribution is 2.50. The zero-order chi connectivity index (χ0) is 20.6. The average molecular weight is 408 g/mol. The summed E-state index contributed by atoms with van der Waals surface area (Å²) in [7, 11) is 1.39. The molecule has 1 aliphatic rings. The zero-order valence-electron chi connectivity index (χ0n) is 16.1. The van der Waals surface area contributed by atoms with E-state index >= 15 is 4.39 Å². The van der Waals surface area contributed by atoms with Crippen LogP contribution in [0.1, 0.15) is 30.0 Å². The molecule has 0 saturated carbocycles. The molecule has 0 N–H and O–H groups in total. The van der Waals surface area contributed by atoms with Crippen molar-refractivity contribution >= 4 is 11.6 Å². The van der Waals surface area contributed by atoms with E-state index in [0.29, 0.717) is 22.8 Å². The Labute approximate surface area is 174 Å². The molecule has 4 rings (SSSR count). The quantitative estimate of drug-likeness (QED) is 0.512. The zero-order valence-corrected chi connectivity index (χ0v) is 16.9. The Balaban J connectivity index is 1.95. The second-order valence-corrected chi connectivity index (χ2v) is 7.42. The molecule has 0 aromatic heterocycles. The van der Waals surface area contributed by atoms with Crippen LogP contribution in [-0.4, -0.2) is 7.11 Å². The van der Waals surface area contributed by atoms with Crippen molar-refractivity contribution in [3.63, 3.8) is 0 Å². The van der Waals surface area contributed by atoms with Crippen molar-refractivity contribution in [3.05, 3.63) is 82.1 Å². The Morgan fingerprint density at radius 1 is 1.14 bits per heavy atom. The van der Waals surface area contributed by atoms with Crippen LogP contribution in [0.5, 0.6) is 11.5 Å². The fourth-order valence-corrected chi connectivity index (χ4v) is 4.30. The maximum absolute atomic E-state index is 15.3. The van der Waals surface area contributed by atoms with Crippen LogP contribution in [-0.2, 0) is 12.0 Å². The van der Waals surface area contributed by atoms with E-state index in [0.717, 1.165) is 17.5 Å². The monoisotopic (exact) mass is 407 g/mol. The molecule has 0 bridgehead atoms. The molecule has 0 amide bonds. The molecule has 29 heavy (non-hydrogen) atoms. The molecule has 0 saturated heterocycles. The van der Waals surface area contributed by atoms with Crippen LogP contribution in [0, 0.1) is 17.1 Å². The summed E-state index contributed by atoms with van der Waals surface area (Å²) in [6, 6.07) is 18.5. The third-order valence-corrected chi connectivity index (χ3v) is 5.87. The minimum atomic E-state index is -0.601. The van der Waals surface area contributed by atoms with E-state index in [1.165, 1.54) is 13.2 Å². The Bertz CT molecular complexity index is 1120. The maximum atomic E-state index is 15.3. The van der Waals surface area contributed by atoms with Gasteiger partial charge in [0.15, 0.2) is 11.6 Å². The Hall–Kier alpha value is -3.03. The van der Waals surface area contributed by atoms with Crippen molar-refractivity contribution in [2.75, 3.05) is 7.11 Å². The summed E-state index contributed by atoms with van der Waals surface area (Å²) in [6.07, 6.45) is 1.26. The van der Waals surface area contributed by atoms with E-state index in [1.54, 1.807) is 12.1 Å². The van der Waals surface area contributed by atoms with Crippen LogP contribution in [0.15, 0.2) is 54.6 Å². The van der Waals surface area contributed by atoms with Crippen LogP contribution in [0.2, 0.25) is 5.02 Å². The molecule has 146 valence electrons. The first kappa shape index (κ1) is 19.3. The topological polar surface area (TPSA) is 42.2 Å². The molecule has 0 spiro atoms. The molecule has 0 aliphatic carbocycles. The van der Waals surface area contributed by atoms with Gasteiger partial charge in [0.1, 0.15) is 11.4 Å². The lowest BCUT2D eigenvalue weighted by molar-refractivity contribution is 0.0884. The first-order valence-electron chi connectivity index (χ1n) is 9.37. The fraction of sp³-hybridized carbons (Fsp3) is 0.208. The molecule has 1 aliphatic heterocycles. The minimum absolute atomic E-state index is 0.0661. The molecular weight excluding hydrogens is 389 g/mol. The summed E-state index contributed by atoms with van der Waals surface area (Å²) in [5, 5.41) is 9.97. The predicted molar refractivity (Wildman–Crippen MR) is 111 cm³/mol. The first-order valence-corrected chi connectivity index (χ1v) is 9.75. The number of halogens is 2. The molecule has 0 unspecified atom stereocenters. The van der Waals surface area contributed by atoms with Crippen LogP contribution in [0.3, 0.4) is 0 Å². The lowest BCUT2D eigenvalue weighted by Crippen LogP contribution is -2.30. The second kappa shape index (κ2) is 7.42. The Kier molecular flexibility index (Phi) is 4.94. The highest BCUT2D eigenvalue weighted by molar-refractivity contribution is 6.33. The molecule has 3 nitrogen and oxygen atoms in total. The smallest absolute Gasteiger partial charge is 0.174 e. The summed E-state index contributed by atoms with van der Waals surface area (Å²) in [5.41, 5.74) is 2.12. The van der Waals surface area contributed by atoms with E-state index < -0.39 is 11.4 Å². The number of methoxy groups -OCH3 is 1. The standard InChI is InChI=1S/C24H19ClFNO2/c1-3-24(16-7-5-4-6-8-16)13-17-19(29-24)12-10-18(25)22(17)21-15(14-27)9-11-20(28-2)23(21)26/h4-12H,3,13H2,1-2H3/t24-/m0/s1. The number of ether oxygens (including phenoxy) is 2. The predicted octanol–water partition coefficient (Wildman–Crippen LogP) is 6.27. The number of fused-ring (bicyclic) bond motifs is 1. The largest absolute Gasteiger partial charge is 0.494 e. The summed E-state index contributed by atoms with van der Waals surface area (Å²) >= 11 is 6.55. The molecule has 0 fully saturated rings. The van der Waals surface area contributed by atoms with Crippen molar-refractivity contribution in [1.82, 2.24) is 0 Å². The SMILES string of the molecule is CC[C@@]1(c2ccccc2)Cc2c(ccc(Cl)c2-c2c(C#N)ccc(OC)c2F)O1. The van der Waals surface area contributed by atoms with Crippen molar-refractivity contribution in [1.29, 1.82) is 5.26 Å². The first-order chi connectivity index (χ1) is 14.0. The lowest BCUT2D eigenvalue weighted by atomic mass is 9.84. The van der Waals surface area contributed by atoms with Crippen molar-refractivity contribution in [2.24, 2.45) is 0 Å². The third kappa shape index (κ3) is 3.03. The van der Waals surface area contributed by atoms with Gasteiger partial charge < -0.3 is 9.47 Å². The summed E-state index contributed by atoms with van der Waals surface area (Å²) in [4.78, 5) is 0. The molecule has 5 heteroatoms. The van der Waals surface area contributed by atoms with Gasteiger partial charge in [0.2, 0.25) is 0 Å². The average Bonchev–Trinajstić information content (AvgIpc) is 3.15. The van der Waals surface area contributed by atoms with Crippen LogP contribution in [0.4, 0.5) is 4.39 Å². The summed E-state index contributed by atoms with van der Waals surface area (Å²) in [6.45, 7) is 2.06. The van der Waals surface area contributed by atoms with Gasteiger partial charge in [0, 0.05) is 28.1 Å². The van der Waals surface area contributed by atoms with Crippen molar-refractivity contribution in [3.8, 4) is 28.7 Å². The lowest BCUT2D eigenvalue weighted by Gasteiger charge is -2.28. The normalized spacial score (nSPS) is 17.3. The van der Waals surface area contributed by atoms with E-state index in [9.17, 15) is 5.26 Å². The van der Waals surface area contributed by atoms with Gasteiger partial charge in [0.25, 0.3) is 0 Å². The highest BCUT2D eigenvalue weighted by atomic mass is 35.5. The summed E-state index contributed by atoms with van der Waals surface area (Å²) in [5.74, 6) is 0.119. The number of rotatable bonds is 4. The van der Waals surface area contributed by atoms with Gasteiger partial charge in [-0.05, 0) is 36.2 Å². The Morgan fingerprint density at radius 3 is 2.55 bits per heavy atom. The second-order valence-electron chi connectivity index (χ2n) is 7.01. The van der Waals surface area contributed by atoms with Gasteiger partial charge in [-0.2, -0.15) is 5.26 Å². The van der Waals surface area contributed by atoms with E-state index in [-0.39, 0.29) is 16.9 Å². The third-order valence-electron chi connectivity index (χ3n) is 5.55. The van der Waals surface area contributed by atoms with Crippen LogP contribution in [0.25, 0.3) is 11.1 Å². The minimum Gasteiger partial charge on any atom is -0.494 e. The van der Waals surface area contributed by atoms with Gasteiger partial charge in [-0.15, -0.1) is 0 Å². The van der Waals surface area contributed by atoms with E-state index in [2.05, 4.69) is 13.0 Å². The number of hydrogen-bond donors (Lipinski definition) is 0. The molecule has 3 aromatic rings. The van der Waals surface area contributed by atoms with Crippen molar-refractivity contribution in [2.45, 2.75) is 25.4 Å². The molecule has 1 atom stereocenters. The van der Waals surface area contributed by atoms with Crippen LogP contribution < -0.4 is 9.47 Å². The number of nitrogens with zero attached hydrogens (tertiary/aromatic N) is 1. The van der Waals surface area contributed by atoms with Crippen LogP contribution >= 0.6 is 11.6 Å². The number of nitriles is 1. The van der Waals surface area contributed by atoms with Crippen molar-refractivity contribution < 1.29 is 13.9 Å². The number of hydrogen-bond acceptors (Lipinski definition) is 3. The number of benzene rings is 3. The molecule has 1 heterocycles. The maximum Gasteiger partial charge on any atom is 0.174 e. The van der Waals surface area contributed by atoms with Gasteiger partial charge in [0.05, 0.1) is 18.7 Å². The Morgan fingerprint density at radius 2 is 1.90 bits per heavy atom.